The molecule has 1 aromatic carbocycles. The zero-order chi connectivity index (χ0) is 11.1. The van der Waals surface area contributed by atoms with E-state index in [1.807, 2.05) is 0 Å². The Morgan fingerprint density at radius 3 is 2.33 bits per heavy atom. The van der Waals surface area contributed by atoms with Gasteiger partial charge in [0.2, 0.25) is 5.69 Å². The Morgan fingerprint density at radius 1 is 1.13 bits per heavy atom. The van der Waals surface area contributed by atoms with Gasteiger partial charge in [-0.05, 0) is 12.8 Å². The summed E-state index contributed by atoms with van der Waals surface area (Å²) in [5, 5.41) is 0. The molecule has 0 bridgehead atoms. The van der Waals surface area contributed by atoms with Crippen LogP contribution in [0.25, 0.3) is 0 Å². The van der Waals surface area contributed by atoms with E-state index in [1.165, 1.54) is 29.8 Å². The smallest absolute Gasteiger partial charge is 0.202 e. The van der Waals surface area contributed by atoms with Gasteiger partial charge in [0.1, 0.15) is 7.05 Å². The zero-order valence-corrected chi connectivity index (χ0v) is 10.2. The lowest BCUT2D eigenvalue weighted by molar-refractivity contribution is -0.403. The van der Waals surface area contributed by atoms with Crippen molar-refractivity contribution < 1.29 is 4.58 Å². The van der Waals surface area contributed by atoms with E-state index in [1.54, 1.807) is 0 Å². The lowest BCUT2D eigenvalue weighted by Crippen LogP contribution is -2.31. The van der Waals surface area contributed by atoms with Gasteiger partial charge in [-0.25, -0.2) is 4.58 Å². The SMILES string of the molecule is CCC1(CC)C(C)=[N+](C)c2ccccc21. The fourth-order valence-electron chi connectivity index (χ4n) is 3.01. The van der Waals surface area contributed by atoms with Gasteiger partial charge in [-0.1, -0.05) is 32.0 Å². The van der Waals surface area contributed by atoms with Crippen molar-refractivity contribution in [2.75, 3.05) is 7.05 Å². The molecule has 0 aromatic heterocycles. The van der Waals surface area contributed by atoms with E-state index < -0.39 is 0 Å². The molecule has 0 amide bonds. The second kappa shape index (κ2) is 3.48. The van der Waals surface area contributed by atoms with Gasteiger partial charge >= 0.3 is 0 Å². The Kier molecular flexibility index (Phi) is 2.41. The maximum atomic E-state index is 2.35. The summed E-state index contributed by atoms with van der Waals surface area (Å²) in [4.78, 5) is 0. The average Bonchev–Trinajstić information content (AvgIpc) is 2.51. The van der Waals surface area contributed by atoms with Crippen LogP contribution in [-0.2, 0) is 5.41 Å². The first-order valence-electron chi connectivity index (χ1n) is 5.84. The second-order valence-electron chi connectivity index (χ2n) is 4.45. The van der Waals surface area contributed by atoms with Crippen molar-refractivity contribution >= 4 is 11.4 Å². The van der Waals surface area contributed by atoms with Crippen molar-refractivity contribution in [3.63, 3.8) is 0 Å². The van der Waals surface area contributed by atoms with Crippen molar-refractivity contribution in [2.24, 2.45) is 0 Å². The van der Waals surface area contributed by atoms with Crippen LogP contribution in [0.5, 0.6) is 0 Å². The second-order valence-corrected chi connectivity index (χ2v) is 4.45. The number of fused-ring (bicyclic) bond motifs is 1. The molecule has 0 radical (unpaired) electrons. The average molecular weight is 202 g/mol. The summed E-state index contributed by atoms with van der Waals surface area (Å²) in [6, 6.07) is 8.80. The lowest BCUT2D eigenvalue weighted by atomic mass is 9.74. The Bertz CT molecular complexity index is 411. The Labute approximate surface area is 92.5 Å². The molecule has 1 nitrogen and oxygen atoms in total. The molecule has 80 valence electrons. The third-order valence-corrected chi connectivity index (χ3v) is 4.18. The predicted molar refractivity (Wildman–Crippen MR) is 65.2 cm³/mol. The molecule has 0 N–H and O–H groups in total. The summed E-state index contributed by atoms with van der Waals surface area (Å²) in [6.45, 7) is 6.86. The maximum Gasteiger partial charge on any atom is 0.209 e. The van der Waals surface area contributed by atoms with Crippen LogP contribution in [0.3, 0.4) is 0 Å². The number of rotatable bonds is 2. The van der Waals surface area contributed by atoms with Gasteiger partial charge in [0.15, 0.2) is 5.71 Å². The summed E-state index contributed by atoms with van der Waals surface area (Å²) >= 11 is 0. The summed E-state index contributed by atoms with van der Waals surface area (Å²) in [7, 11) is 2.18. The molecular formula is C14H20N+. The monoisotopic (exact) mass is 202 g/mol. The summed E-state index contributed by atoms with van der Waals surface area (Å²) in [6.07, 6.45) is 2.38. The van der Waals surface area contributed by atoms with Crippen LogP contribution >= 0.6 is 0 Å². The maximum absolute atomic E-state index is 2.35. The number of hydrogen-bond acceptors (Lipinski definition) is 0. The van der Waals surface area contributed by atoms with Crippen molar-refractivity contribution in [1.29, 1.82) is 0 Å². The summed E-state index contributed by atoms with van der Waals surface area (Å²) in [5.41, 5.74) is 4.67. The van der Waals surface area contributed by atoms with Crippen LogP contribution in [0.1, 0.15) is 39.2 Å². The zero-order valence-electron chi connectivity index (χ0n) is 10.2. The standard InChI is InChI=1S/C14H20N/c1-5-14(6-2)11(3)15(4)13-10-8-7-9-12(13)14/h7-10H,5-6H2,1-4H3/q+1. The topological polar surface area (TPSA) is 3.01 Å². The highest BCUT2D eigenvalue weighted by atomic mass is 15.0. The molecule has 0 aliphatic carbocycles. The molecule has 1 aliphatic heterocycles. The van der Waals surface area contributed by atoms with Gasteiger partial charge in [0.25, 0.3) is 0 Å². The van der Waals surface area contributed by atoms with Crippen LogP contribution in [0.4, 0.5) is 5.69 Å². The highest BCUT2D eigenvalue weighted by Gasteiger charge is 2.45. The fraction of sp³-hybridized carbons (Fsp3) is 0.500. The molecule has 0 fully saturated rings. The van der Waals surface area contributed by atoms with Crippen LogP contribution in [0, 0.1) is 0 Å². The van der Waals surface area contributed by atoms with Crippen LogP contribution < -0.4 is 0 Å². The van der Waals surface area contributed by atoms with Crippen LogP contribution in [0.15, 0.2) is 24.3 Å². The highest BCUT2D eigenvalue weighted by molar-refractivity contribution is 5.93. The van der Waals surface area contributed by atoms with Crippen molar-refractivity contribution in [3.8, 4) is 0 Å². The third-order valence-electron chi connectivity index (χ3n) is 4.18. The van der Waals surface area contributed by atoms with Gasteiger partial charge < -0.3 is 0 Å². The molecule has 1 aromatic rings. The van der Waals surface area contributed by atoms with Crippen LogP contribution in [-0.4, -0.2) is 17.3 Å². The van der Waals surface area contributed by atoms with E-state index in [2.05, 4.69) is 56.7 Å². The van der Waals surface area contributed by atoms with E-state index in [0.29, 0.717) is 0 Å². The molecule has 0 unspecified atom stereocenters. The van der Waals surface area contributed by atoms with E-state index in [0.717, 1.165) is 0 Å². The van der Waals surface area contributed by atoms with Gasteiger partial charge in [-0.15, -0.1) is 0 Å². The largest absolute Gasteiger partial charge is 0.209 e. The number of para-hydroxylation sites is 1. The molecule has 1 aliphatic rings. The van der Waals surface area contributed by atoms with Gasteiger partial charge in [-0.3, -0.25) is 0 Å². The third kappa shape index (κ3) is 1.19. The summed E-state index contributed by atoms with van der Waals surface area (Å²) < 4.78 is 2.35. The van der Waals surface area contributed by atoms with Crippen molar-refractivity contribution in [2.45, 2.75) is 39.0 Å². The minimum Gasteiger partial charge on any atom is -0.202 e. The molecule has 15 heavy (non-hydrogen) atoms. The van der Waals surface area contributed by atoms with E-state index >= 15 is 0 Å². The van der Waals surface area contributed by atoms with Gasteiger partial charge in [0, 0.05) is 18.6 Å². The molecule has 0 atom stereocenters. The first-order valence-corrected chi connectivity index (χ1v) is 5.84. The highest BCUT2D eigenvalue weighted by Crippen LogP contribution is 2.43. The Hall–Kier alpha value is -1.11. The molecule has 0 spiro atoms. The van der Waals surface area contributed by atoms with Gasteiger partial charge in [-0.2, -0.15) is 0 Å². The minimum absolute atomic E-state index is 0.283. The molecule has 1 heterocycles. The molecule has 0 saturated carbocycles. The predicted octanol–water partition coefficient (Wildman–Crippen LogP) is 3.49. The van der Waals surface area contributed by atoms with E-state index in [9.17, 15) is 0 Å². The summed E-state index contributed by atoms with van der Waals surface area (Å²) in [5.74, 6) is 0. The van der Waals surface area contributed by atoms with E-state index in [4.69, 9.17) is 0 Å². The van der Waals surface area contributed by atoms with Gasteiger partial charge in [0.05, 0.1) is 5.41 Å². The first-order chi connectivity index (χ1) is 7.17. The number of nitrogens with zero attached hydrogens (tertiary/aromatic N) is 1. The fourth-order valence-corrected chi connectivity index (χ4v) is 3.01. The lowest BCUT2D eigenvalue weighted by Gasteiger charge is -2.23. The Morgan fingerprint density at radius 2 is 1.73 bits per heavy atom. The first kappa shape index (κ1) is 10.4. The molecular weight excluding hydrogens is 182 g/mol. The number of hydrogen-bond donors (Lipinski definition) is 0. The number of benzene rings is 1. The molecule has 2 rings (SSSR count). The van der Waals surface area contributed by atoms with Crippen molar-refractivity contribution in [3.05, 3.63) is 29.8 Å². The van der Waals surface area contributed by atoms with Crippen LogP contribution in [0.2, 0.25) is 0 Å². The molecule has 0 saturated heterocycles. The normalized spacial score (nSPS) is 18.1. The molecule has 1 heteroatoms. The Balaban J connectivity index is 2.70. The van der Waals surface area contributed by atoms with E-state index in [-0.39, 0.29) is 5.41 Å². The van der Waals surface area contributed by atoms with Crippen molar-refractivity contribution in [1.82, 2.24) is 0 Å². The minimum atomic E-state index is 0.283. The quantitative estimate of drug-likeness (QED) is 0.646.